The summed E-state index contributed by atoms with van der Waals surface area (Å²) in [6.45, 7) is 10.6. The third-order valence-electron chi connectivity index (χ3n) is 4.45. The molecule has 0 bridgehead atoms. The zero-order valence-corrected chi connectivity index (χ0v) is 14.3. The van der Waals surface area contributed by atoms with Gasteiger partial charge in [0, 0.05) is 17.8 Å². The van der Waals surface area contributed by atoms with Gasteiger partial charge in [0.25, 0.3) is 0 Å². The van der Waals surface area contributed by atoms with E-state index >= 15 is 0 Å². The summed E-state index contributed by atoms with van der Waals surface area (Å²) in [5.74, 6) is 0.951. The SMILES string of the molecule is Cc1ccc2c(c1)N(Cc1c(C)nn(CCO)c1C)CC(C)O2. The number of hydrogen-bond acceptors (Lipinski definition) is 4. The molecular formula is C18H25N3O2. The van der Waals surface area contributed by atoms with Gasteiger partial charge in [0.05, 0.1) is 31.1 Å². The largest absolute Gasteiger partial charge is 0.487 e. The molecule has 0 saturated carbocycles. The van der Waals surface area contributed by atoms with E-state index in [1.165, 1.54) is 11.1 Å². The van der Waals surface area contributed by atoms with Gasteiger partial charge in [-0.25, -0.2) is 0 Å². The van der Waals surface area contributed by atoms with Crippen LogP contribution in [0.4, 0.5) is 5.69 Å². The van der Waals surface area contributed by atoms with E-state index in [0.29, 0.717) is 6.54 Å². The number of aryl methyl sites for hydroxylation is 2. The average molecular weight is 315 g/mol. The Morgan fingerprint density at radius 3 is 2.83 bits per heavy atom. The molecule has 0 aliphatic carbocycles. The molecular weight excluding hydrogens is 290 g/mol. The molecule has 1 aliphatic heterocycles. The molecule has 1 unspecified atom stereocenters. The zero-order chi connectivity index (χ0) is 16.6. The van der Waals surface area contributed by atoms with Crippen LogP contribution in [0.1, 0.15) is 29.4 Å². The maximum atomic E-state index is 9.17. The monoisotopic (exact) mass is 315 g/mol. The zero-order valence-electron chi connectivity index (χ0n) is 14.3. The van der Waals surface area contributed by atoms with Gasteiger partial charge in [-0.15, -0.1) is 0 Å². The summed E-state index contributed by atoms with van der Waals surface area (Å²) >= 11 is 0. The minimum absolute atomic E-state index is 0.109. The number of nitrogens with zero attached hydrogens (tertiary/aromatic N) is 3. The third kappa shape index (κ3) is 3.06. The first kappa shape index (κ1) is 15.9. The maximum absolute atomic E-state index is 9.17. The fourth-order valence-corrected chi connectivity index (χ4v) is 3.25. The van der Waals surface area contributed by atoms with Gasteiger partial charge in [0.1, 0.15) is 11.9 Å². The van der Waals surface area contributed by atoms with Gasteiger partial charge in [0.2, 0.25) is 0 Å². The van der Waals surface area contributed by atoms with Crippen LogP contribution in [0.25, 0.3) is 0 Å². The lowest BCUT2D eigenvalue weighted by Gasteiger charge is -2.35. The Kier molecular flexibility index (Phi) is 4.31. The standard InChI is InChI=1S/C18H25N3O2/c1-12-5-6-18-17(9-12)20(10-13(2)23-18)11-16-14(3)19-21(7-8-22)15(16)4/h5-6,9,13,22H,7-8,10-11H2,1-4H3. The Morgan fingerprint density at radius 1 is 1.30 bits per heavy atom. The van der Waals surface area contributed by atoms with Crippen LogP contribution < -0.4 is 9.64 Å². The molecule has 124 valence electrons. The van der Waals surface area contributed by atoms with Crippen molar-refractivity contribution in [3.8, 4) is 5.75 Å². The predicted molar refractivity (Wildman–Crippen MR) is 91.1 cm³/mol. The van der Waals surface area contributed by atoms with Crippen molar-refractivity contribution in [2.24, 2.45) is 0 Å². The van der Waals surface area contributed by atoms with Crippen molar-refractivity contribution in [1.29, 1.82) is 0 Å². The Morgan fingerprint density at radius 2 is 2.09 bits per heavy atom. The number of fused-ring (bicyclic) bond motifs is 1. The number of rotatable bonds is 4. The second-order valence-electron chi connectivity index (χ2n) is 6.38. The van der Waals surface area contributed by atoms with Crippen LogP contribution in [0, 0.1) is 20.8 Å². The molecule has 0 fully saturated rings. The molecule has 0 spiro atoms. The second kappa shape index (κ2) is 6.24. The summed E-state index contributed by atoms with van der Waals surface area (Å²) in [5.41, 5.74) is 5.78. The molecule has 5 heteroatoms. The summed E-state index contributed by atoms with van der Waals surface area (Å²) in [5, 5.41) is 13.7. The lowest BCUT2D eigenvalue weighted by Crippen LogP contribution is -2.38. The fraction of sp³-hybridized carbons (Fsp3) is 0.500. The minimum Gasteiger partial charge on any atom is -0.487 e. The number of aliphatic hydroxyl groups excluding tert-OH is 1. The van der Waals surface area contributed by atoms with Crippen molar-refractivity contribution in [2.45, 2.75) is 46.9 Å². The van der Waals surface area contributed by atoms with E-state index in [0.717, 1.165) is 35.9 Å². The molecule has 2 aromatic rings. The minimum atomic E-state index is 0.109. The molecule has 1 aromatic heterocycles. The molecule has 0 radical (unpaired) electrons. The quantitative estimate of drug-likeness (QED) is 0.942. The van der Waals surface area contributed by atoms with E-state index in [1.807, 2.05) is 11.6 Å². The summed E-state index contributed by atoms with van der Waals surface area (Å²) in [7, 11) is 0. The third-order valence-corrected chi connectivity index (χ3v) is 4.45. The predicted octanol–water partition coefficient (Wildman–Crippen LogP) is 2.59. The summed E-state index contributed by atoms with van der Waals surface area (Å²) in [4.78, 5) is 2.37. The molecule has 0 saturated heterocycles. The van der Waals surface area contributed by atoms with Crippen LogP contribution in [0.5, 0.6) is 5.75 Å². The summed E-state index contributed by atoms with van der Waals surface area (Å²) in [6.07, 6.45) is 0.165. The van der Waals surface area contributed by atoms with E-state index in [1.54, 1.807) is 0 Å². The number of anilines is 1. The van der Waals surface area contributed by atoms with Crippen LogP contribution in [-0.4, -0.2) is 34.1 Å². The average Bonchev–Trinajstić information content (AvgIpc) is 2.76. The van der Waals surface area contributed by atoms with Gasteiger partial charge in [-0.05, 0) is 45.4 Å². The number of benzene rings is 1. The highest BCUT2D eigenvalue weighted by molar-refractivity contribution is 5.62. The fourth-order valence-electron chi connectivity index (χ4n) is 3.25. The first-order chi connectivity index (χ1) is 11.0. The molecule has 1 aliphatic rings. The highest BCUT2D eigenvalue weighted by Crippen LogP contribution is 2.35. The summed E-state index contributed by atoms with van der Waals surface area (Å²) < 4.78 is 7.86. The van der Waals surface area contributed by atoms with Gasteiger partial charge in [0.15, 0.2) is 0 Å². The van der Waals surface area contributed by atoms with Gasteiger partial charge >= 0.3 is 0 Å². The number of ether oxygens (including phenoxy) is 1. The van der Waals surface area contributed by atoms with E-state index < -0.39 is 0 Å². The van der Waals surface area contributed by atoms with Crippen molar-refractivity contribution in [3.63, 3.8) is 0 Å². The first-order valence-electron chi connectivity index (χ1n) is 8.15. The van der Waals surface area contributed by atoms with Crippen molar-refractivity contribution in [3.05, 3.63) is 40.7 Å². The van der Waals surface area contributed by atoms with Gasteiger partial charge in [-0.1, -0.05) is 6.07 Å². The molecule has 2 heterocycles. The summed E-state index contributed by atoms with van der Waals surface area (Å²) in [6, 6.07) is 6.33. The van der Waals surface area contributed by atoms with Gasteiger partial charge in [-0.2, -0.15) is 5.10 Å². The van der Waals surface area contributed by atoms with Gasteiger partial charge < -0.3 is 14.7 Å². The first-order valence-corrected chi connectivity index (χ1v) is 8.15. The van der Waals surface area contributed by atoms with Crippen molar-refractivity contribution in [2.75, 3.05) is 18.1 Å². The lowest BCUT2D eigenvalue weighted by atomic mass is 10.1. The Hall–Kier alpha value is -2.01. The highest BCUT2D eigenvalue weighted by Gasteiger charge is 2.25. The topological polar surface area (TPSA) is 50.5 Å². The van der Waals surface area contributed by atoms with Crippen molar-refractivity contribution >= 4 is 5.69 Å². The van der Waals surface area contributed by atoms with Crippen LogP contribution >= 0.6 is 0 Å². The Bertz CT molecular complexity index is 709. The highest BCUT2D eigenvalue weighted by atomic mass is 16.5. The number of aliphatic hydroxyl groups is 1. The van der Waals surface area contributed by atoms with E-state index in [9.17, 15) is 5.11 Å². The molecule has 0 amide bonds. The van der Waals surface area contributed by atoms with E-state index in [2.05, 4.69) is 49.0 Å². The lowest BCUT2D eigenvalue weighted by molar-refractivity contribution is 0.212. The molecule has 3 rings (SSSR count). The molecule has 1 atom stereocenters. The maximum Gasteiger partial charge on any atom is 0.143 e. The second-order valence-corrected chi connectivity index (χ2v) is 6.38. The van der Waals surface area contributed by atoms with Gasteiger partial charge in [-0.3, -0.25) is 4.68 Å². The van der Waals surface area contributed by atoms with Crippen LogP contribution in [0.15, 0.2) is 18.2 Å². The molecule has 1 N–H and O–H groups in total. The smallest absolute Gasteiger partial charge is 0.143 e. The van der Waals surface area contributed by atoms with Crippen molar-refractivity contribution in [1.82, 2.24) is 9.78 Å². The van der Waals surface area contributed by atoms with E-state index in [4.69, 9.17) is 4.74 Å². The number of aromatic nitrogens is 2. The number of hydrogen-bond donors (Lipinski definition) is 1. The Labute approximate surface area is 137 Å². The van der Waals surface area contributed by atoms with Crippen LogP contribution in [-0.2, 0) is 13.1 Å². The van der Waals surface area contributed by atoms with E-state index in [-0.39, 0.29) is 12.7 Å². The normalized spacial score (nSPS) is 17.1. The Balaban J connectivity index is 1.93. The molecule has 5 nitrogen and oxygen atoms in total. The van der Waals surface area contributed by atoms with Crippen molar-refractivity contribution < 1.29 is 9.84 Å². The van der Waals surface area contributed by atoms with Crippen LogP contribution in [0.2, 0.25) is 0 Å². The van der Waals surface area contributed by atoms with Crippen LogP contribution in [0.3, 0.4) is 0 Å². The molecule has 23 heavy (non-hydrogen) atoms. The molecule has 1 aromatic carbocycles.